The maximum Gasteiger partial charge on any atom is 0.200 e. The van der Waals surface area contributed by atoms with Crippen molar-refractivity contribution in [3.8, 4) is 5.75 Å². The van der Waals surface area contributed by atoms with Crippen LogP contribution in [0.4, 0.5) is 17.6 Å². The summed E-state index contributed by atoms with van der Waals surface area (Å²) in [7, 11) is 0. The highest BCUT2D eigenvalue weighted by Crippen LogP contribution is 2.41. The summed E-state index contributed by atoms with van der Waals surface area (Å²) in [5.74, 6) is -2.84. The van der Waals surface area contributed by atoms with Gasteiger partial charge in [-0.15, -0.1) is 0 Å². The molecular formula is C31H38F4O2. The van der Waals surface area contributed by atoms with E-state index < -0.39 is 23.3 Å². The number of benzene rings is 2. The fourth-order valence-corrected chi connectivity index (χ4v) is 6.27. The summed E-state index contributed by atoms with van der Waals surface area (Å²) < 4.78 is 64.1. The molecule has 6 heteroatoms. The highest BCUT2D eigenvalue weighted by molar-refractivity contribution is 5.33. The Hall–Kier alpha value is -2.34. The zero-order valence-corrected chi connectivity index (χ0v) is 21.6. The van der Waals surface area contributed by atoms with E-state index >= 15 is 0 Å². The molecule has 2 aromatic carbocycles. The SMILES string of the molecule is C=CCOc1ccc(C2CCC(CCc3ccc(C4CCC(C(C)O)CC4)c(F)c3F)CC2)c(F)c1F. The smallest absolute Gasteiger partial charge is 0.200 e. The molecule has 0 amide bonds. The average Bonchev–Trinajstić information content (AvgIpc) is 2.91. The van der Waals surface area contributed by atoms with Crippen molar-refractivity contribution in [2.75, 3.05) is 6.61 Å². The summed E-state index contributed by atoms with van der Waals surface area (Å²) in [6, 6.07) is 6.56. The van der Waals surface area contributed by atoms with Gasteiger partial charge in [0, 0.05) is 0 Å². The van der Waals surface area contributed by atoms with Crippen LogP contribution in [0.1, 0.15) is 93.2 Å². The molecule has 0 aliphatic heterocycles. The van der Waals surface area contributed by atoms with Crippen LogP contribution in [0.15, 0.2) is 36.9 Å². The van der Waals surface area contributed by atoms with Crippen LogP contribution in [0.25, 0.3) is 0 Å². The first-order valence-corrected chi connectivity index (χ1v) is 13.7. The molecule has 0 heterocycles. The van der Waals surface area contributed by atoms with E-state index in [0.717, 1.165) is 57.8 Å². The van der Waals surface area contributed by atoms with Gasteiger partial charge in [0.15, 0.2) is 23.2 Å². The Bertz CT molecular complexity index is 1070. The van der Waals surface area contributed by atoms with E-state index in [9.17, 15) is 22.7 Å². The van der Waals surface area contributed by atoms with E-state index in [2.05, 4.69) is 6.58 Å². The van der Waals surface area contributed by atoms with Gasteiger partial charge in [-0.3, -0.25) is 0 Å². The Labute approximate surface area is 217 Å². The molecule has 2 aliphatic carbocycles. The topological polar surface area (TPSA) is 29.5 Å². The maximum absolute atomic E-state index is 15.0. The van der Waals surface area contributed by atoms with Gasteiger partial charge in [-0.05, 0) is 118 Å². The minimum atomic E-state index is -0.960. The van der Waals surface area contributed by atoms with Crippen LogP contribution in [0.2, 0.25) is 0 Å². The van der Waals surface area contributed by atoms with Crippen LogP contribution in [0, 0.1) is 35.1 Å². The molecule has 2 saturated carbocycles. The monoisotopic (exact) mass is 518 g/mol. The molecule has 0 bridgehead atoms. The number of ether oxygens (including phenoxy) is 1. The van der Waals surface area contributed by atoms with E-state index in [0.29, 0.717) is 29.0 Å². The quantitative estimate of drug-likeness (QED) is 0.267. The first-order valence-electron chi connectivity index (χ1n) is 13.7. The number of halogens is 4. The lowest BCUT2D eigenvalue weighted by molar-refractivity contribution is 0.0963. The molecule has 2 nitrogen and oxygen atoms in total. The highest BCUT2D eigenvalue weighted by atomic mass is 19.2. The van der Waals surface area contributed by atoms with Crippen LogP contribution < -0.4 is 4.74 Å². The molecule has 37 heavy (non-hydrogen) atoms. The van der Waals surface area contributed by atoms with E-state index in [4.69, 9.17) is 4.74 Å². The molecule has 202 valence electrons. The molecule has 2 aliphatic rings. The second kappa shape index (κ2) is 12.5. The van der Waals surface area contributed by atoms with Crippen molar-refractivity contribution in [1.29, 1.82) is 0 Å². The number of aliphatic hydroxyl groups is 1. The van der Waals surface area contributed by atoms with Gasteiger partial charge in [0.25, 0.3) is 0 Å². The number of rotatable bonds is 9. The Balaban J connectivity index is 1.30. The third kappa shape index (κ3) is 6.39. The van der Waals surface area contributed by atoms with Crippen LogP contribution in [0.5, 0.6) is 5.75 Å². The zero-order valence-electron chi connectivity index (χ0n) is 21.6. The molecule has 0 aromatic heterocycles. The van der Waals surface area contributed by atoms with Gasteiger partial charge in [-0.25, -0.2) is 13.2 Å². The normalized spacial score (nSPS) is 25.0. The predicted octanol–water partition coefficient (Wildman–Crippen LogP) is 8.37. The maximum atomic E-state index is 15.0. The van der Waals surface area contributed by atoms with Crippen molar-refractivity contribution < 1.29 is 27.4 Å². The second-order valence-corrected chi connectivity index (χ2v) is 10.9. The summed E-state index contributed by atoms with van der Waals surface area (Å²) in [6.07, 6.45) is 8.68. The van der Waals surface area contributed by atoms with Crippen LogP contribution in [-0.4, -0.2) is 17.8 Å². The predicted molar refractivity (Wildman–Crippen MR) is 138 cm³/mol. The van der Waals surface area contributed by atoms with Crippen LogP contribution in [0.3, 0.4) is 0 Å². The van der Waals surface area contributed by atoms with Gasteiger partial charge >= 0.3 is 0 Å². The first kappa shape index (κ1) is 27.7. The Kier molecular flexibility index (Phi) is 9.33. The van der Waals surface area contributed by atoms with Gasteiger partial charge < -0.3 is 9.84 Å². The third-order valence-electron chi connectivity index (χ3n) is 8.63. The fraction of sp³-hybridized carbons (Fsp3) is 0.548. The van der Waals surface area contributed by atoms with Crippen LogP contribution >= 0.6 is 0 Å². The molecular weight excluding hydrogens is 480 g/mol. The molecule has 2 fully saturated rings. The second-order valence-electron chi connectivity index (χ2n) is 10.9. The van der Waals surface area contributed by atoms with Gasteiger partial charge in [-0.1, -0.05) is 30.9 Å². The van der Waals surface area contributed by atoms with Gasteiger partial charge in [0.2, 0.25) is 5.82 Å². The summed E-state index contributed by atoms with van der Waals surface area (Å²) in [4.78, 5) is 0. The van der Waals surface area contributed by atoms with E-state index in [-0.39, 0.29) is 36.2 Å². The van der Waals surface area contributed by atoms with Crippen molar-refractivity contribution in [2.24, 2.45) is 11.8 Å². The Morgan fingerprint density at radius 1 is 0.838 bits per heavy atom. The first-order chi connectivity index (χ1) is 17.8. The number of aliphatic hydroxyl groups excluding tert-OH is 1. The van der Waals surface area contributed by atoms with E-state index in [1.807, 2.05) is 0 Å². The number of hydrogen-bond acceptors (Lipinski definition) is 2. The van der Waals surface area contributed by atoms with E-state index in [1.165, 1.54) is 12.1 Å². The molecule has 1 unspecified atom stereocenters. The largest absolute Gasteiger partial charge is 0.486 e. The Morgan fingerprint density at radius 2 is 1.41 bits per heavy atom. The Morgan fingerprint density at radius 3 is 2.00 bits per heavy atom. The van der Waals surface area contributed by atoms with Gasteiger partial charge in [0.1, 0.15) is 6.61 Å². The molecule has 0 radical (unpaired) electrons. The number of aryl methyl sites for hydroxylation is 1. The summed E-state index contributed by atoms with van der Waals surface area (Å²) >= 11 is 0. The standard InChI is InChI=1S/C31H38F4O2/c1-3-18-37-27-17-16-26(30(34)31(27)35)22-7-4-20(5-8-22)6-9-24-14-15-25(29(33)28(24)32)23-12-10-21(11-13-23)19(2)36/h3,14-17,19-23,36H,1,4-13,18H2,2H3. The van der Waals surface area contributed by atoms with Crippen molar-refractivity contribution in [1.82, 2.24) is 0 Å². The van der Waals surface area contributed by atoms with Crippen molar-refractivity contribution in [3.05, 3.63) is 76.9 Å². The molecule has 4 rings (SSSR count). The summed E-state index contributed by atoms with van der Waals surface area (Å²) in [5.41, 5.74) is 1.25. The molecule has 2 aromatic rings. The molecule has 0 spiro atoms. The van der Waals surface area contributed by atoms with Gasteiger partial charge in [-0.2, -0.15) is 4.39 Å². The molecule has 1 N–H and O–H groups in total. The van der Waals surface area contributed by atoms with Gasteiger partial charge in [0.05, 0.1) is 6.10 Å². The fourth-order valence-electron chi connectivity index (χ4n) is 6.27. The molecule has 0 saturated heterocycles. The summed E-state index contributed by atoms with van der Waals surface area (Å²) in [5, 5.41) is 9.79. The highest BCUT2D eigenvalue weighted by Gasteiger charge is 2.29. The minimum absolute atomic E-state index is 0.00155. The lowest BCUT2D eigenvalue weighted by Gasteiger charge is -2.31. The summed E-state index contributed by atoms with van der Waals surface area (Å²) in [6.45, 7) is 5.42. The van der Waals surface area contributed by atoms with Crippen LogP contribution in [-0.2, 0) is 6.42 Å². The lowest BCUT2D eigenvalue weighted by atomic mass is 9.76. The molecule has 1 atom stereocenters. The minimum Gasteiger partial charge on any atom is -0.486 e. The van der Waals surface area contributed by atoms with Crippen molar-refractivity contribution >= 4 is 0 Å². The zero-order chi connectivity index (χ0) is 26.5. The average molecular weight is 519 g/mol. The third-order valence-corrected chi connectivity index (χ3v) is 8.63. The van der Waals surface area contributed by atoms with Crippen molar-refractivity contribution in [2.45, 2.75) is 89.1 Å². The number of hydrogen-bond donors (Lipinski definition) is 1. The van der Waals surface area contributed by atoms with E-state index in [1.54, 1.807) is 25.1 Å². The lowest BCUT2D eigenvalue weighted by Crippen LogP contribution is -2.23. The van der Waals surface area contributed by atoms with Crippen molar-refractivity contribution in [3.63, 3.8) is 0 Å².